The topological polar surface area (TPSA) is 99.0 Å². The normalized spacial score (nSPS) is 14.1. The maximum absolute atomic E-state index is 12.0. The Hall–Kier alpha value is -2.94. The van der Waals surface area contributed by atoms with Gasteiger partial charge in [-0.25, -0.2) is 18.4 Å². The molecule has 140 valence electrons. The molecule has 3 aromatic rings. The van der Waals surface area contributed by atoms with E-state index in [1.54, 1.807) is 43.5 Å². The number of nitrogens with one attached hydrogen (secondary N) is 1. The van der Waals surface area contributed by atoms with Crippen LogP contribution in [0.5, 0.6) is 11.6 Å². The summed E-state index contributed by atoms with van der Waals surface area (Å²) in [6.07, 6.45) is 4.97. The van der Waals surface area contributed by atoms with Gasteiger partial charge in [-0.3, -0.25) is 9.29 Å². The molecule has 1 fully saturated rings. The summed E-state index contributed by atoms with van der Waals surface area (Å²) in [4.78, 5) is 12.9. The first-order valence-electron chi connectivity index (χ1n) is 8.56. The highest BCUT2D eigenvalue weighted by Gasteiger charge is 2.35. The number of anilines is 1. The molecule has 0 unspecified atom stereocenters. The smallest absolute Gasteiger partial charge is 0.235 e. The molecule has 0 amide bonds. The minimum Gasteiger partial charge on any atom is -0.439 e. The number of imidazole rings is 1. The van der Waals surface area contributed by atoms with Crippen molar-refractivity contribution in [1.29, 1.82) is 0 Å². The summed E-state index contributed by atoms with van der Waals surface area (Å²) >= 11 is 0. The predicted molar refractivity (Wildman–Crippen MR) is 101 cm³/mol. The fourth-order valence-electron chi connectivity index (χ4n) is 2.66. The first kappa shape index (κ1) is 17.5. The van der Waals surface area contributed by atoms with Gasteiger partial charge in [-0.2, -0.15) is 4.98 Å². The van der Waals surface area contributed by atoms with Crippen LogP contribution in [0.3, 0.4) is 0 Å². The average molecular weight is 385 g/mol. The first-order chi connectivity index (χ1) is 12.9. The summed E-state index contributed by atoms with van der Waals surface area (Å²) < 4.78 is 34.2. The number of nitrogens with zero attached hydrogens (tertiary/aromatic N) is 4. The van der Waals surface area contributed by atoms with Crippen molar-refractivity contribution in [2.75, 3.05) is 4.72 Å². The fraction of sp³-hybridized carbons (Fsp3) is 0.278. The Bertz CT molecular complexity index is 1070. The number of aryl methyl sites for hydroxylation is 2. The lowest BCUT2D eigenvalue weighted by Gasteiger charge is -2.10. The fourth-order valence-corrected chi connectivity index (χ4v) is 4.05. The highest BCUT2D eigenvalue weighted by Crippen LogP contribution is 2.30. The molecule has 9 heteroatoms. The van der Waals surface area contributed by atoms with E-state index < -0.39 is 10.0 Å². The molecule has 1 aliphatic carbocycles. The highest BCUT2D eigenvalue weighted by atomic mass is 32.2. The second kappa shape index (κ2) is 6.66. The monoisotopic (exact) mass is 385 g/mol. The number of hydrogen-bond donors (Lipinski definition) is 1. The zero-order valence-corrected chi connectivity index (χ0v) is 15.8. The Labute approximate surface area is 157 Å². The molecule has 27 heavy (non-hydrogen) atoms. The summed E-state index contributed by atoms with van der Waals surface area (Å²) in [5.74, 6) is 3.00. The third kappa shape index (κ3) is 3.92. The Balaban J connectivity index is 1.52. The number of hydrogen-bond acceptors (Lipinski definition) is 6. The molecule has 0 saturated heterocycles. The van der Waals surface area contributed by atoms with Gasteiger partial charge in [0.05, 0.1) is 5.25 Å². The molecule has 0 aliphatic heterocycles. The Morgan fingerprint density at radius 2 is 1.89 bits per heavy atom. The average Bonchev–Trinajstić information content (AvgIpc) is 3.39. The van der Waals surface area contributed by atoms with Crippen molar-refractivity contribution < 1.29 is 13.2 Å². The number of rotatable bonds is 6. The molecule has 0 bridgehead atoms. The molecular formula is C18H19N5O3S. The van der Waals surface area contributed by atoms with E-state index in [-0.39, 0.29) is 5.25 Å². The minimum atomic E-state index is -3.27. The maximum atomic E-state index is 12.0. The third-order valence-electron chi connectivity index (χ3n) is 4.17. The third-order valence-corrected chi connectivity index (χ3v) is 6.04. The molecule has 1 aromatic carbocycles. The van der Waals surface area contributed by atoms with E-state index in [0.29, 0.717) is 29.0 Å². The lowest BCUT2D eigenvalue weighted by atomic mass is 10.3. The molecule has 8 nitrogen and oxygen atoms in total. The van der Waals surface area contributed by atoms with E-state index in [9.17, 15) is 8.42 Å². The molecular weight excluding hydrogens is 366 g/mol. The lowest BCUT2D eigenvalue weighted by molar-refractivity contribution is 0.459. The molecule has 2 aromatic heterocycles. The molecule has 2 heterocycles. The second-order valence-corrected chi connectivity index (χ2v) is 8.39. The second-order valence-electron chi connectivity index (χ2n) is 6.43. The van der Waals surface area contributed by atoms with Gasteiger partial charge in [0.25, 0.3) is 0 Å². The highest BCUT2D eigenvalue weighted by molar-refractivity contribution is 7.93. The number of ether oxygens (including phenoxy) is 1. The van der Waals surface area contributed by atoms with E-state index in [4.69, 9.17) is 4.74 Å². The van der Waals surface area contributed by atoms with Crippen LogP contribution in [-0.4, -0.2) is 33.2 Å². The molecule has 0 radical (unpaired) electrons. The van der Waals surface area contributed by atoms with Gasteiger partial charge in [0, 0.05) is 24.1 Å². The van der Waals surface area contributed by atoms with Gasteiger partial charge in [0.1, 0.15) is 23.2 Å². The Morgan fingerprint density at radius 3 is 2.52 bits per heavy atom. The maximum Gasteiger partial charge on any atom is 0.235 e. The first-order valence-corrected chi connectivity index (χ1v) is 10.1. The summed E-state index contributed by atoms with van der Waals surface area (Å²) in [5.41, 5.74) is 0.517. The van der Waals surface area contributed by atoms with Crippen LogP contribution >= 0.6 is 0 Å². The van der Waals surface area contributed by atoms with Crippen LogP contribution in [0.15, 0.2) is 42.7 Å². The zero-order valence-electron chi connectivity index (χ0n) is 15.0. The molecule has 1 N–H and O–H groups in total. The Kier molecular flexibility index (Phi) is 4.31. The number of benzene rings is 1. The summed E-state index contributed by atoms with van der Waals surface area (Å²) in [6.45, 7) is 3.68. The van der Waals surface area contributed by atoms with Crippen LogP contribution in [0.2, 0.25) is 0 Å². The predicted octanol–water partition coefficient (Wildman–Crippen LogP) is 2.98. The van der Waals surface area contributed by atoms with Crippen molar-refractivity contribution in [2.24, 2.45) is 0 Å². The van der Waals surface area contributed by atoms with Gasteiger partial charge in [-0.05, 0) is 51.0 Å². The van der Waals surface area contributed by atoms with E-state index in [2.05, 4.69) is 19.7 Å². The standard InChI is InChI=1S/C18H19N5O3S/c1-12-20-17(23-10-9-19-13(23)2)11-18(21-12)26-15-5-3-14(4-6-15)22-27(24,25)16-7-8-16/h3-6,9-11,16,22H,7-8H2,1-2H3. The van der Waals surface area contributed by atoms with E-state index >= 15 is 0 Å². The molecule has 1 saturated carbocycles. The van der Waals surface area contributed by atoms with Crippen molar-refractivity contribution in [3.63, 3.8) is 0 Å². The molecule has 0 atom stereocenters. The van der Waals surface area contributed by atoms with E-state index in [0.717, 1.165) is 18.7 Å². The zero-order chi connectivity index (χ0) is 19.0. The van der Waals surface area contributed by atoms with Crippen molar-refractivity contribution in [2.45, 2.75) is 31.9 Å². The largest absolute Gasteiger partial charge is 0.439 e. The lowest BCUT2D eigenvalue weighted by Crippen LogP contribution is -2.17. The van der Waals surface area contributed by atoms with Crippen molar-refractivity contribution in [3.05, 3.63) is 54.4 Å². The van der Waals surface area contributed by atoms with Crippen LogP contribution in [0.25, 0.3) is 5.82 Å². The van der Waals surface area contributed by atoms with Gasteiger partial charge in [0.2, 0.25) is 15.9 Å². The van der Waals surface area contributed by atoms with Gasteiger partial charge in [-0.15, -0.1) is 0 Å². The summed E-state index contributed by atoms with van der Waals surface area (Å²) in [5, 5.41) is -0.262. The van der Waals surface area contributed by atoms with Crippen molar-refractivity contribution in [3.8, 4) is 17.4 Å². The number of sulfonamides is 1. The Morgan fingerprint density at radius 1 is 1.15 bits per heavy atom. The minimum absolute atomic E-state index is 0.262. The van der Waals surface area contributed by atoms with Crippen molar-refractivity contribution in [1.82, 2.24) is 19.5 Å². The molecule has 4 rings (SSSR count). The molecule has 0 spiro atoms. The van der Waals surface area contributed by atoms with Crippen LogP contribution in [0, 0.1) is 13.8 Å². The van der Waals surface area contributed by atoms with E-state index in [1.165, 1.54) is 0 Å². The van der Waals surface area contributed by atoms with Gasteiger partial charge in [0.15, 0.2) is 0 Å². The van der Waals surface area contributed by atoms with Crippen LogP contribution in [-0.2, 0) is 10.0 Å². The number of aromatic nitrogens is 4. The van der Waals surface area contributed by atoms with Crippen LogP contribution in [0.4, 0.5) is 5.69 Å². The van der Waals surface area contributed by atoms with E-state index in [1.807, 2.05) is 17.7 Å². The van der Waals surface area contributed by atoms with Gasteiger partial charge >= 0.3 is 0 Å². The summed E-state index contributed by atoms with van der Waals surface area (Å²) in [7, 11) is -3.27. The molecule has 1 aliphatic rings. The van der Waals surface area contributed by atoms with Crippen LogP contribution in [0.1, 0.15) is 24.5 Å². The van der Waals surface area contributed by atoms with Gasteiger partial charge in [-0.1, -0.05) is 0 Å². The summed E-state index contributed by atoms with van der Waals surface area (Å²) in [6, 6.07) is 8.47. The van der Waals surface area contributed by atoms with Crippen molar-refractivity contribution >= 4 is 15.7 Å². The van der Waals surface area contributed by atoms with Crippen LogP contribution < -0.4 is 9.46 Å². The quantitative estimate of drug-likeness (QED) is 0.700. The van der Waals surface area contributed by atoms with Gasteiger partial charge < -0.3 is 4.74 Å². The SMILES string of the molecule is Cc1nc(Oc2ccc(NS(=O)(=O)C3CC3)cc2)cc(-n2ccnc2C)n1.